The number of piperidine rings is 1. The summed E-state index contributed by atoms with van der Waals surface area (Å²) in [5.74, 6) is -1.78. The van der Waals surface area contributed by atoms with Crippen molar-refractivity contribution in [2.75, 3.05) is 60.4 Å². The number of nitrogens with one attached hydrogen (secondary N) is 1. The van der Waals surface area contributed by atoms with Crippen LogP contribution in [0, 0.1) is 5.92 Å². The average molecular weight is 577 g/mol. The van der Waals surface area contributed by atoms with Gasteiger partial charge < -0.3 is 25.0 Å². The van der Waals surface area contributed by atoms with Gasteiger partial charge in [0.2, 0.25) is 5.95 Å². The van der Waals surface area contributed by atoms with Gasteiger partial charge in [-0.15, -0.1) is 0 Å². The fraction of sp³-hybridized carbons (Fsp3) is 0.519. The van der Waals surface area contributed by atoms with Gasteiger partial charge in [-0.1, -0.05) is 19.9 Å². The average Bonchev–Trinajstić information content (AvgIpc) is 2.84. The number of anilines is 4. The maximum Gasteiger partial charge on any atom is 0.293 e. The fourth-order valence-electron chi connectivity index (χ4n) is 5.59. The number of aliphatic hydroxyl groups is 1. The Morgan fingerprint density at radius 3 is 2.52 bits per heavy atom. The van der Waals surface area contributed by atoms with E-state index in [1.54, 1.807) is 12.3 Å². The van der Waals surface area contributed by atoms with Gasteiger partial charge in [0, 0.05) is 62.4 Å². The van der Waals surface area contributed by atoms with Crippen LogP contribution < -0.4 is 15.1 Å². The Morgan fingerprint density at radius 1 is 1.12 bits per heavy atom. The molecule has 2 unspecified atom stereocenters. The molecule has 0 radical (unpaired) electrons. The van der Waals surface area contributed by atoms with E-state index in [0.717, 1.165) is 29.1 Å². The van der Waals surface area contributed by atoms with E-state index in [-0.39, 0.29) is 30.1 Å². The van der Waals surface area contributed by atoms with Crippen molar-refractivity contribution in [3.05, 3.63) is 42.2 Å². The van der Waals surface area contributed by atoms with Crippen molar-refractivity contribution in [3.63, 3.8) is 0 Å². The predicted molar refractivity (Wildman–Crippen MR) is 151 cm³/mol. The Labute approximate surface area is 232 Å². The number of alkyl halides is 2. The molecule has 2 aliphatic rings. The molecule has 2 fully saturated rings. The van der Waals surface area contributed by atoms with Crippen LogP contribution in [0.15, 0.2) is 36.7 Å². The number of nitrogens with zero attached hydrogens (tertiary/aromatic N) is 5. The molecule has 13 heteroatoms. The molecule has 0 bridgehead atoms. The zero-order chi connectivity index (χ0) is 28.8. The highest BCUT2D eigenvalue weighted by Gasteiger charge is 2.50. The van der Waals surface area contributed by atoms with Gasteiger partial charge in [0.05, 0.1) is 12.3 Å². The molecule has 216 valence electrons. The van der Waals surface area contributed by atoms with E-state index >= 15 is 0 Å². The van der Waals surface area contributed by atoms with Crippen molar-refractivity contribution in [3.8, 4) is 0 Å². The number of halogens is 2. The summed E-state index contributed by atoms with van der Waals surface area (Å²) in [6.45, 7) is 4.80. The van der Waals surface area contributed by atoms with Crippen LogP contribution in [0.5, 0.6) is 0 Å². The van der Waals surface area contributed by atoms with Crippen molar-refractivity contribution < 1.29 is 27.0 Å². The summed E-state index contributed by atoms with van der Waals surface area (Å²) in [6, 6.07) is 7.71. The summed E-state index contributed by atoms with van der Waals surface area (Å²) in [6.07, 6.45) is 1.54. The number of aromatic nitrogens is 3. The number of methoxy groups -OCH3 is 1. The highest BCUT2D eigenvalue weighted by molar-refractivity contribution is 7.90. The predicted octanol–water partition coefficient (Wildman–Crippen LogP) is 3.20. The quantitative estimate of drug-likeness (QED) is 0.414. The molecule has 2 aliphatic heterocycles. The maximum absolute atomic E-state index is 14.5. The Balaban J connectivity index is 1.39. The number of hydrogen-bond acceptors (Lipinski definition) is 10. The first-order valence-electron chi connectivity index (χ1n) is 13.1. The smallest absolute Gasteiger partial charge is 0.293 e. The first-order valence-corrected chi connectivity index (χ1v) is 15.2. The van der Waals surface area contributed by atoms with Gasteiger partial charge in [-0.3, -0.25) is 0 Å². The molecule has 2 aromatic heterocycles. The summed E-state index contributed by atoms with van der Waals surface area (Å²) in [4.78, 5) is 16.6. The van der Waals surface area contributed by atoms with Gasteiger partial charge in [0.25, 0.3) is 5.92 Å². The number of fused-ring (bicyclic) bond motifs is 1. The molecule has 0 amide bonds. The lowest BCUT2D eigenvalue weighted by atomic mass is 9.93. The topological polar surface area (TPSA) is 121 Å². The van der Waals surface area contributed by atoms with Crippen LogP contribution in [-0.2, 0) is 14.6 Å². The van der Waals surface area contributed by atoms with Crippen LogP contribution in [0.25, 0.3) is 10.8 Å². The zero-order valence-corrected chi connectivity index (χ0v) is 23.7. The summed E-state index contributed by atoms with van der Waals surface area (Å²) in [5.41, 5.74) is 2.14. The summed E-state index contributed by atoms with van der Waals surface area (Å²) in [7, 11) is -1.87. The first kappa shape index (κ1) is 28.4. The third-order valence-electron chi connectivity index (χ3n) is 7.38. The minimum Gasteiger partial charge on any atom is -0.388 e. The number of sulfone groups is 1. The first-order chi connectivity index (χ1) is 18.8. The number of β-amino-alcohol motifs (C(OH)–C–C–N with tert-alkyl or cyclic N) is 1. The van der Waals surface area contributed by atoms with E-state index in [2.05, 4.69) is 51.1 Å². The molecular weight excluding hydrogens is 542 g/mol. The maximum atomic E-state index is 14.5. The van der Waals surface area contributed by atoms with Crippen molar-refractivity contribution in [1.29, 1.82) is 0 Å². The fourth-order valence-corrected chi connectivity index (χ4v) is 6.66. The second kappa shape index (κ2) is 10.7. The summed E-state index contributed by atoms with van der Waals surface area (Å²) >= 11 is 0. The molecule has 4 heterocycles. The van der Waals surface area contributed by atoms with Crippen LogP contribution >= 0.6 is 0 Å². The van der Waals surface area contributed by atoms with Gasteiger partial charge >= 0.3 is 0 Å². The van der Waals surface area contributed by atoms with E-state index in [9.17, 15) is 22.3 Å². The molecule has 40 heavy (non-hydrogen) atoms. The van der Waals surface area contributed by atoms with Crippen LogP contribution in [-0.4, -0.2) is 91.9 Å². The summed E-state index contributed by atoms with van der Waals surface area (Å²) < 4.78 is 57.2. The van der Waals surface area contributed by atoms with E-state index < -0.39 is 34.5 Å². The minimum atomic E-state index is -3.27. The van der Waals surface area contributed by atoms with E-state index in [1.165, 1.54) is 17.4 Å². The Kier molecular flexibility index (Phi) is 7.57. The Hall–Kier alpha value is -3.16. The number of hydrogen-bond donors (Lipinski definition) is 2. The van der Waals surface area contributed by atoms with E-state index in [4.69, 9.17) is 4.74 Å². The van der Waals surface area contributed by atoms with Crippen LogP contribution in [0.4, 0.5) is 32.1 Å². The standard InChI is InChI=1S/C27H34F2N6O4S/c1-16(2)18-5-6-21(34-11-17(12-34)14-40(4,37)38)20-10-31-24(9-19(18)20)32-23-7-8-30-26(33-23)35-13-22(36)25(39-3)27(28,29)15-35/h5-10,16-17,22,25,36H,11-15H2,1-4H3,(H,30,31,32,33). The lowest BCUT2D eigenvalue weighted by Gasteiger charge is -2.41. The van der Waals surface area contributed by atoms with Gasteiger partial charge in [-0.25, -0.2) is 27.2 Å². The third-order valence-corrected chi connectivity index (χ3v) is 8.46. The van der Waals surface area contributed by atoms with Crippen molar-refractivity contribution in [1.82, 2.24) is 15.0 Å². The molecule has 5 rings (SSSR count). The Morgan fingerprint density at radius 2 is 1.88 bits per heavy atom. The minimum absolute atomic E-state index is 0.0608. The second-order valence-electron chi connectivity index (χ2n) is 11.0. The van der Waals surface area contributed by atoms with Gasteiger partial charge in [0.15, 0.2) is 0 Å². The van der Waals surface area contributed by atoms with E-state index in [0.29, 0.717) is 24.7 Å². The molecule has 1 aromatic carbocycles. The normalized spacial score (nSPS) is 21.6. The molecule has 2 N–H and O–H groups in total. The van der Waals surface area contributed by atoms with Crippen LogP contribution in [0.2, 0.25) is 0 Å². The number of rotatable bonds is 8. The molecule has 0 spiro atoms. The second-order valence-corrected chi connectivity index (χ2v) is 13.2. The van der Waals surface area contributed by atoms with Gasteiger partial charge in [-0.05, 0) is 35.1 Å². The summed E-state index contributed by atoms with van der Waals surface area (Å²) in [5, 5.41) is 15.3. The van der Waals surface area contributed by atoms with Gasteiger partial charge in [-0.2, -0.15) is 4.98 Å². The molecule has 0 aliphatic carbocycles. The van der Waals surface area contributed by atoms with Gasteiger partial charge in [0.1, 0.15) is 33.7 Å². The largest absolute Gasteiger partial charge is 0.388 e. The number of benzene rings is 1. The number of pyridine rings is 1. The third kappa shape index (κ3) is 5.81. The molecule has 2 saturated heterocycles. The Bertz CT molecular complexity index is 1500. The monoisotopic (exact) mass is 576 g/mol. The SMILES string of the molecule is COC1C(O)CN(c2nccc(Nc3cc4c(C(C)C)ccc(N5CC(CS(C)(=O)=O)C5)c4cn3)n2)CC1(F)F. The molecule has 10 nitrogen and oxygen atoms in total. The lowest BCUT2D eigenvalue weighted by Crippen LogP contribution is -2.60. The zero-order valence-electron chi connectivity index (χ0n) is 22.9. The van der Waals surface area contributed by atoms with Crippen molar-refractivity contribution >= 4 is 43.9 Å². The van der Waals surface area contributed by atoms with Crippen molar-refractivity contribution in [2.24, 2.45) is 5.92 Å². The van der Waals surface area contributed by atoms with Crippen LogP contribution in [0.1, 0.15) is 25.3 Å². The lowest BCUT2D eigenvalue weighted by molar-refractivity contribution is -0.171. The van der Waals surface area contributed by atoms with Crippen molar-refractivity contribution in [2.45, 2.75) is 37.9 Å². The highest BCUT2D eigenvalue weighted by Crippen LogP contribution is 2.37. The van der Waals surface area contributed by atoms with E-state index in [1.807, 2.05) is 6.07 Å². The molecule has 2 atom stereocenters. The van der Waals surface area contributed by atoms with Crippen LogP contribution in [0.3, 0.4) is 0 Å². The molecular formula is C27H34F2N6O4S. The molecule has 0 saturated carbocycles. The molecule has 3 aromatic rings. The number of aliphatic hydroxyl groups excluding tert-OH is 1. The highest BCUT2D eigenvalue weighted by atomic mass is 32.2. The number of ether oxygens (including phenoxy) is 1.